The van der Waals surface area contributed by atoms with Gasteiger partial charge < -0.3 is 25.0 Å². The van der Waals surface area contributed by atoms with Crippen LogP contribution in [0.5, 0.6) is 0 Å². The molecule has 0 aliphatic carbocycles. The second-order valence-electron chi connectivity index (χ2n) is 8.45. The summed E-state index contributed by atoms with van der Waals surface area (Å²) in [5.41, 5.74) is 6.02. The number of tetrazole rings is 1. The summed E-state index contributed by atoms with van der Waals surface area (Å²) >= 11 is 0. The van der Waals surface area contributed by atoms with E-state index in [2.05, 4.69) is 36.2 Å². The molecule has 1 aromatic heterocycles. The Bertz CT molecular complexity index is 1290. The second-order valence-corrected chi connectivity index (χ2v) is 8.45. The first-order valence-electron chi connectivity index (χ1n) is 11.9. The van der Waals surface area contributed by atoms with E-state index >= 15 is 0 Å². The number of carbonyl (C=O) groups is 1. The lowest BCUT2D eigenvalue weighted by atomic mass is 9.98. The third-order valence-corrected chi connectivity index (χ3v) is 5.86. The zero-order valence-electron chi connectivity index (χ0n) is 21.2. The highest BCUT2D eigenvalue weighted by Crippen LogP contribution is 2.35. The number of aromatic nitrogens is 4. The smallest absolute Gasteiger partial charge is 0.323 e. The fourth-order valence-corrected chi connectivity index (χ4v) is 3.97. The van der Waals surface area contributed by atoms with Crippen LogP contribution in [0.25, 0.3) is 22.5 Å². The number of benzene rings is 3. The Balaban J connectivity index is 1.71. The Morgan fingerprint density at radius 2 is 1.62 bits per heavy atom. The van der Waals surface area contributed by atoms with Crippen molar-refractivity contribution in [3.8, 4) is 22.5 Å². The maximum absolute atomic E-state index is 13.0. The molecule has 10 heteroatoms. The zero-order chi connectivity index (χ0) is 26.0. The van der Waals surface area contributed by atoms with Crippen molar-refractivity contribution in [3.63, 3.8) is 0 Å². The number of ether oxygens (including phenoxy) is 2. The Morgan fingerprint density at radius 3 is 2.27 bits per heavy atom. The van der Waals surface area contributed by atoms with E-state index in [1.807, 2.05) is 73.7 Å². The number of aromatic amines is 1. The van der Waals surface area contributed by atoms with Gasteiger partial charge in [0.15, 0.2) is 5.82 Å². The van der Waals surface area contributed by atoms with E-state index in [1.54, 1.807) is 14.2 Å². The molecule has 4 aromatic rings. The molecule has 0 aliphatic heterocycles. The molecule has 0 bridgehead atoms. The third-order valence-electron chi connectivity index (χ3n) is 5.86. The zero-order valence-corrected chi connectivity index (χ0v) is 21.2. The summed E-state index contributed by atoms with van der Waals surface area (Å²) in [6.07, 6.45) is 0. The minimum atomic E-state index is -0.339. The summed E-state index contributed by atoms with van der Waals surface area (Å²) in [6.45, 7) is 4.33. The number of aryl methyl sites for hydroxylation is 1. The number of nitrogens with zero attached hydrogens (tertiary/aromatic N) is 4. The topological polar surface area (TPSA) is 117 Å². The molecule has 0 fully saturated rings. The van der Waals surface area contributed by atoms with Gasteiger partial charge in [-0.2, -0.15) is 0 Å². The quantitative estimate of drug-likeness (QED) is 0.275. The number of nitrogens with one attached hydrogen (secondary N) is 3. The molecule has 0 saturated carbocycles. The van der Waals surface area contributed by atoms with Gasteiger partial charge in [0.25, 0.3) is 0 Å². The summed E-state index contributed by atoms with van der Waals surface area (Å²) in [7, 11) is 3.34. The molecule has 3 N–H and O–H groups in total. The van der Waals surface area contributed by atoms with E-state index < -0.39 is 0 Å². The van der Waals surface area contributed by atoms with Crippen molar-refractivity contribution in [2.24, 2.45) is 0 Å². The normalized spacial score (nSPS) is 10.8. The molecule has 0 spiro atoms. The molecule has 0 aliphatic rings. The van der Waals surface area contributed by atoms with Crippen LogP contribution >= 0.6 is 0 Å². The van der Waals surface area contributed by atoms with Gasteiger partial charge in [-0.1, -0.05) is 48.0 Å². The third kappa shape index (κ3) is 6.69. The van der Waals surface area contributed by atoms with Gasteiger partial charge in [0, 0.05) is 38.6 Å². The van der Waals surface area contributed by atoms with Crippen molar-refractivity contribution in [2.45, 2.75) is 6.92 Å². The van der Waals surface area contributed by atoms with Crippen LogP contribution in [0.4, 0.5) is 21.9 Å². The lowest BCUT2D eigenvalue weighted by Crippen LogP contribution is -2.32. The highest BCUT2D eigenvalue weighted by Gasteiger charge is 2.17. The average Bonchev–Trinajstić information content (AvgIpc) is 3.45. The molecule has 0 saturated heterocycles. The van der Waals surface area contributed by atoms with Crippen LogP contribution in [0.2, 0.25) is 0 Å². The standard InChI is InChI=1S/C27H31N7O3/c1-19-8-11-21(12-9-19)28-27(35)29-24-18-20(10-13-25(24)34(14-16-36-2)15-17-37-3)22-6-4-5-7-23(22)26-30-32-33-31-26/h4-13,18H,14-17H2,1-3H3,(H2,28,29,35)(H,30,31,32,33). The van der Waals surface area contributed by atoms with Gasteiger partial charge in [0.1, 0.15) is 0 Å². The number of hydrogen-bond acceptors (Lipinski definition) is 7. The molecule has 10 nitrogen and oxygen atoms in total. The Morgan fingerprint density at radius 1 is 0.919 bits per heavy atom. The highest BCUT2D eigenvalue weighted by atomic mass is 16.5. The summed E-state index contributed by atoms with van der Waals surface area (Å²) in [4.78, 5) is 15.2. The van der Waals surface area contributed by atoms with Gasteiger partial charge in [0.05, 0.1) is 24.6 Å². The number of urea groups is 1. The minimum absolute atomic E-state index is 0.339. The largest absolute Gasteiger partial charge is 0.383 e. The van der Waals surface area contributed by atoms with E-state index in [0.717, 1.165) is 27.9 Å². The second kappa shape index (κ2) is 12.6. The van der Waals surface area contributed by atoms with Crippen LogP contribution in [0.1, 0.15) is 5.56 Å². The predicted octanol–water partition coefficient (Wildman–Crippen LogP) is 4.59. The maximum Gasteiger partial charge on any atom is 0.323 e. The molecule has 1 heterocycles. The van der Waals surface area contributed by atoms with E-state index in [9.17, 15) is 4.79 Å². The summed E-state index contributed by atoms with van der Waals surface area (Å²) in [5.74, 6) is 0.563. The van der Waals surface area contributed by atoms with Crippen LogP contribution in [0, 0.1) is 6.92 Å². The first-order chi connectivity index (χ1) is 18.1. The van der Waals surface area contributed by atoms with E-state index in [0.29, 0.717) is 43.5 Å². The molecule has 37 heavy (non-hydrogen) atoms. The van der Waals surface area contributed by atoms with Gasteiger partial charge in [-0.25, -0.2) is 9.89 Å². The maximum atomic E-state index is 13.0. The van der Waals surface area contributed by atoms with Gasteiger partial charge in [-0.3, -0.25) is 0 Å². The van der Waals surface area contributed by atoms with E-state index in [4.69, 9.17) is 9.47 Å². The van der Waals surface area contributed by atoms with Crippen molar-refractivity contribution in [1.82, 2.24) is 20.6 Å². The van der Waals surface area contributed by atoms with Crippen molar-refractivity contribution >= 4 is 23.1 Å². The first-order valence-corrected chi connectivity index (χ1v) is 11.9. The molecule has 2 amide bonds. The number of rotatable bonds is 11. The summed E-state index contributed by atoms with van der Waals surface area (Å²) in [5, 5.41) is 20.3. The first kappa shape index (κ1) is 25.8. The molecule has 3 aromatic carbocycles. The number of amides is 2. The number of methoxy groups -OCH3 is 2. The van der Waals surface area contributed by atoms with E-state index in [1.165, 1.54) is 0 Å². The molecule has 0 atom stereocenters. The Kier molecular flexibility index (Phi) is 8.79. The average molecular weight is 502 g/mol. The van der Waals surface area contributed by atoms with Crippen LogP contribution in [-0.2, 0) is 9.47 Å². The number of anilines is 3. The molecule has 0 unspecified atom stereocenters. The Hall–Kier alpha value is -4.28. The molecular weight excluding hydrogens is 470 g/mol. The van der Waals surface area contributed by atoms with Gasteiger partial charge in [-0.15, -0.1) is 5.10 Å². The molecular formula is C27H31N7O3. The lowest BCUT2D eigenvalue weighted by molar-refractivity contribution is 0.190. The number of hydrogen-bond donors (Lipinski definition) is 3. The van der Waals surface area contributed by atoms with E-state index in [-0.39, 0.29) is 6.03 Å². The van der Waals surface area contributed by atoms with Crippen LogP contribution in [0.3, 0.4) is 0 Å². The van der Waals surface area contributed by atoms with Crippen molar-refractivity contribution in [3.05, 3.63) is 72.3 Å². The molecule has 192 valence electrons. The van der Waals surface area contributed by atoms with Crippen molar-refractivity contribution in [1.29, 1.82) is 0 Å². The van der Waals surface area contributed by atoms with Gasteiger partial charge in [0.2, 0.25) is 0 Å². The van der Waals surface area contributed by atoms with Crippen molar-refractivity contribution < 1.29 is 14.3 Å². The minimum Gasteiger partial charge on any atom is -0.383 e. The van der Waals surface area contributed by atoms with Gasteiger partial charge >= 0.3 is 6.03 Å². The SMILES string of the molecule is COCCN(CCOC)c1ccc(-c2ccccc2-c2nnn[nH]2)cc1NC(=O)Nc1ccc(C)cc1. The van der Waals surface area contributed by atoms with Gasteiger partial charge in [-0.05, 0) is 52.7 Å². The highest BCUT2D eigenvalue weighted by molar-refractivity contribution is 6.02. The van der Waals surface area contributed by atoms with Crippen LogP contribution < -0.4 is 15.5 Å². The summed E-state index contributed by atoms with van der Waals surface area (Å²) in [6, 6.07) is 21.1. The molecule has 4 rings (SSSR count). The monoisotopic (exact) mass is 501 g/mol. The summed E-state index contributed by atoms with van der Waals surface area (Å²) < 4.78 is 10.7. The molecule has 0 radical (unpaired) electrons. The van der Waals surface area contributed by atoms with Crippen LogP contribution in [-0.4, -0.2) is 67.2 Å². The lowest BCUT2D eigenvalue weighted by Gasteiger charge is -2.27. The number of H-pyrrole nitrogens is 1. The van der Waals surface area contributed by atoms with Crippen LogP contribution in [0.15, 0.2) is 66.7 Å². The fraction of sp³-hybridized carbons (Fsp3) is 0.259. The number of carbonyl (C=O) groups excluding carboxylic acids is 1. The van der Waals surface area contributed by atoms with Crippen molar-refractivity contribution in [2.75, 3.05) is 56.1 Å². The predicted molar refractivity (Wildman–Crippen MR) is 145 cm³/mol. The Labute approximate surface area is 216 Å². The fourth-order valence-electron chi connectivity index (χ4n) is 3.97.